The molecule has 5 rings (SSSR count). The fraction of sp³-hybridized carbons (Fsp3) is 0.360. The number of nitrogens with one attached hydrogen (secondary N) is 1. The van der Waals surface area contributed by atoms with Crippen molar-refractivity contribution in [3.8, 4) is 22.8 Å². The van der Waals surface area contributed by atoms with Crippen LogP contribution >= 0.6 is 0 Å². The van der Waals surface area contributed by atoms with E-state index in [0.29, 0.717) is 13.0 Å². The van der Waals surface area contributed by atoms with Crippen LogP contribution in [0.15, 0.2) is 54.7 Å². The van der Waals surface area contributed by atoms with E-state index in [0.717, 1.165) is 60.0 Å². The van der Waals surface area contributed by atoms with Crippen molar-refractivity contribution in [3.05, 3.63) is 66.1 Å². The van der Waals surface area contributed by atoms with Gasteiger partial charge in [-0.3, -0.25) is 4.79 Å². The van der Waals surface area contributed by atoms with Crippen LogP contribution in [0, 0.1) is 0 Å². The smallest absolute Gasteiger partial charge is 0.223 e. The van der Waals surface area contributed by atoms with Gasteiger partial charge in [0.15, 0.2) is 0 Å². The number of aromatic nitrogens is 2. The molecule has 0 radical (unpaired) electrons. The topological polar surface area (TPSA) is 67.4 Å². The molecule has 1 amide bonds. The number of H-pyrrole nitrogens is 1. The lowest BCUT2D eigenvalue weighted by atomic mass is 9.90. The quantitative estimate of drug-likeness (QED) is 0.653. The second-order valence-electron chi connectivity index (χ2n) is 8.24. The largest absolute Gasteiger partial charge is 0.497 e. The van der Waals surface area contributed by atoms with Crippen molar-refractivity contribution in [2.24, 2.45) is 0 Å². The summed E-state index contributed by atoms with van der Waals surface area (Å²) >= 11 is 0. The Morgan fingerprint density at radius 2 is 2.13 bits per heavy atom. The maximum Gasteiger partial charge on any atom is 0.223 e. The summed E-state index contributed by atoms with van der Waals surface area (Å²) in [6.45, 7) is 1.45. The van der Waals surface area contributed by atoms with E-state index in [1.807, 2.05) is 53.6 Å². The standard InChI is InChI=1S/C25H27N3O3/c1-30-19-7-4-6-18(14-19)21-16-26-25(27-21)22-9-5-12-28(22)24(29)15-17-11-13-31-23-10-3-2-8-20(17)23/h2-4,6-8,10,14,16-17,22H,5,9,11-13,15H2,1H3,(H,26,27)/t17-,22+/m1/s1. The molecule has 1 saturated heterocycles. The minimum atomic E-state index is 0.00180. The number of imidazole rings is 1. The van der Waals surface area contributed by atoms with Crippen LogP contribution in [-0.4, -0.2) is 41.0 Å². The van der Waals surface area contributed by atoms with Gasteiger partial charge >= 0.3 is 0 Å². The molecular formula is C25H27N3O3. The number of methoxy groups -OCH3 is 1. The van der Waals surface area contributed by atoms with Crippen molar-refractivity contribution in [2.75, 3.05) is 20.3 Å². The van der Waals surface area contributed by atoms with Crippen LogP contribution in [-0.2, 0) is 4.79 Å². The summed E-state index contributed by atoms with van der Waals surface area (Å²) in [6.07, 6.45) is 5.17. The number of likely N-dealkylation sites (tertiary alicyclic amines) is 1. The van der Waals surface area contributed by atoms with Gasteiger partial charge in [0.05, 0.1) is 31.6 Å². The number of amides is 1. The number of hydrogen-bond acceptors (Lipinski definition) is 4. The van der Waals surface area contributed by atoms with Gasteiger partial charge < -0.3 is 19.4 Å². The Hall–Kier alpha value is -3.28. The summed E-state index contributed by atoms with van der Waals surface area (Å²) < 4.78 is 11.1. The summed E-state index contributed by atoms with van der Waals surface area (Å²) in [4.78, 5) is 23.4. The molecule has 2 aromatic carbocycles. The van der Waals surface area contributed by atoms with E-state index < -0.39 is 0 Å². The van der Waals surface area contributed by atoms with Crippen LogP contribution in [0.1, 0.15) is 49.0 Å². The van der Waals surface area contributed by atoms with Crippen LogP contribution in [0.3, 0.4) is 0 Å². The number of carbonyl (C=O) groups excluding carboxylic acids is 1. The van der Waals surface area contributed by atoms with Gasteiger partial charge in [-0.05, 0) is 48.9 Å². The Balaban J connectivity index is 1.32. The fourth-order valence-electron chi connectivity index (χ4n) is 4.75. The Morgan fingerprint density at radius 3 is 3.03 bits per heavy atom. The molecule has 2 atom stereocenters. The van der Waals surface area contributed by atoms with Gasteiger partial charge in [-0.2, -0.15) is 0 Å². The number of ether oxygens (including phenoxy) is 2. The van der Waals surface area contributed by atoms with Crippen molar-refractivity contribution in [1.82, 2.24) is 14.9 Å². The number of rotatable bonds is 5. The van der Waals surface area contributed by atoms with E-state index in [-0.39, 0.29) is 17.9 Å². The predicted octanol–water partition coefficient (Wildman–Crippen LogP) is 4.71. The van der Waals surface area contributed by atoms with Gasteiger partial charge in [-0.25, -0.2) is 4.98 Å². The molecule has 0 bridgehead atoms. The number of para-hydroxylation sites is 1. The summed E-state index contributed by atoms with van der Waals surface area (Å²) in [7, 11) is 1.66. The van der Waals surface area contributed by atoms with Crippen LogP contribution in [0.4, 0.5) is 0 Å². The third-order valence-electron chi connectivity index (χ3n) is 6.37. The third kappa shape index (κ3) is 3.90. The first kappa shape index (κ1) is 19.7. The molecular weight excluding hydrogens is 390 g/mol. The molecule has 31 heavy (non-hydrogen) atoms. The van der Waals surface area contributed by atoms with Crippen molar-refractivity contribution in [2.45, 2.75) is 37.6 Å². The summed E-state index contributed by atoms with van der Waals surface area (Å²) in [5.74, 6) is 2.99. The number of hydrogen-bond donors (Lipinski definition) is 1. The van der Waals surface area contributed by atoms with E-state index >= 15 is 0 Å². The maximum absolute atomic E-state index is 13.3. The monoisotopic (exact) mass is 417 g/mol. The molecule has 3 heterocycles. The second kappa shape index (κ2) is 8.46. The van der Waals surface area contributed by atoms with E-state index in [9.17, 15) is 4.79 Å². The Kier molecular flexibility index (Phi) is 5.37. The highest BCUT2D eigenvalue weighted by Gasteiger charge is 2.34. The Labute approximate surface area is 182 Å². The zero-order valence-corrected chi connectivity index (χ0v) is 17.7. The van der Waals surface area contributed by atoms with Gasteiger partial charge in [0.25, 0.3) is 0 Å². The van der Waals surface area contributed by atoms with E-state index in [4.69, 9.17) is 9.47 Å². The Bertz CT molecular complexity index is 1080. The Morgan fingerprint density at radius 1 is 1.23 bits per heavy atom. The van der Waals surface area contributed by atoms with Crippen molar-refractivity contribution < 1.29 is 14.3 Å². The number of fused-ring (bicyclic) bond motifs is 1. The molecule has 3 aromatic rings. The molecule has 2 aliphatic heterocycles. The lowest BCUT2D eigenvalue weighted by molar-refractivity contribution is -0.132. The maximum atomic E-state index is 13.3. The molecule has 160 valence electrons. The van der Waals surface area contributed by atoms with E-state index in [2.05, 4.69) is 16.0 Å². The molecule has 0 spiro atoms. The number of carbonyl (C=O) groups is 1. The molecule has 6 heteroatoms. The molecule has 0 unspecified atom stereocenters. The molecule has 1 N–H and O–H groups in total. The highest BCUT2D eigenvalue weighted by Crippen LogP contribution is 2.38. The lowest BCUT2D eigenvalue weighted by Gasteiger charge is -2.29. The fourth-order valence-corrected chi connectivity index (χ4v) is 4.75. The van der Waals surface area contributed by atoms with E-state index in [1.165, 1.54) is 0 Å². The zero-order chi connectivity index (χ0) is 21.2. The first-order chi connectivity index (χ1) is 15.2. The predicted molar refractivity (Wildman–Crippen MR) is 118 cm³/mol. The number of aromatic amines is 1. The minimum absolute atomic E-state index is 0.00180. The number of benzene rings is 2. The SMILES string of the molecule is COc1cccc(-c2cnc([C@@H]3CCCN3C(=O)C[C@H]3CCOc4ccccc43)[nH]2)c1. The van der Waals surface area contributed by atoms with Gasteiger partial charge in [0.1, 0.15) is 17.3 Å². The van der Waals surface area contributed by atoms with Gasteiger partial charge in [-0.15, -0.1) is 0 Å². The molecule has 0 saturated carbocycles. The molecule has 6 nitrogen and oxygen atoms in total. The minimum Gasteiger partial charge on any atom is -0.497 e. The van der Waals surface area contributed by atoms with Crippen LogP contribution in [0.25, 0.3) is 11.3 Å². The lowest BCUT2D eigenvalue weighted by Crippen LogP contribution is -2.32. The molecule has 1 aromatic heterocycles. The van der Waals surface area contributed by atoms with Crippen LogP contribution in [0.5, 0.6) is 11.5 Å². The average molecular weight is 418 g/mol. The summed E-state index contributed by atoms with van der Waals surface area (Å²) in [6, 6.07) is 16.0. The normalized spacial score (nSPS) is 20.2. The highest BCUT2D eigenvalue weighted by atomic mass is 16.5. The molecule has 0 aliphatic carbocycles. The van der Waals surface area contributed by atoms with Crippen molar-refractivity contribution >= 4 is 5.91 Å². The average Bonchev–Trinajstić information content (AvgIpc) is 3.49. The zero-order valence-electron chi connectivity index (χ0n) is 17.7. The molecule has 1 fully saturated rings. The highest BCUT2D eigenvalue weighted by molar-refractivity contribution is 5.78. The summed E-state index contributed by atoms with van der Waals surface area (Å²) in [5.41, 5.74) is 3.11. The van der Waals surface area contributed by atoms with E-state index in [1.54, 1.807) is 7.11 Å². The first-order valence-corrected chi connectivity index (χ1v) is 10.9. The summed E-state index contributed by atoms with van der Waals surface area (Å²) in [5, 5.41) is 0. The van der Waals surface area contributed by atoms with Crippen molar-refractivity contribution in [3.63, 3.8) is 0 Å². The molecule has 2 aliphatic rings. The second-order valence-corrected chi connectivity index (χ2v) is 8.24. The van der Waals surface area contributed by atoms with Crippen LogP contribution < -0.4 is 9.47 Å². The van der Waals surface area contributed by atoms with Gasteiger partial charge in [-0.1, -0.05) is 30.3 Å². The third-order valence-corrected chi connectivity index (χ3v) is 6.37. The van der Waals surface area contributed by atoms with Gasteiger partial charge in [0, 0.05) is 18.5 Å². The van der Waals surface area contributed by atoms with Crippen molar-refractivity contribution in [1.29, 1.82) is 0 Å². The van der Waals surface area contributed by atoms with Crippen LogP contribution in [0.2, 0.25) is 0 Å². The van der Waals surface area contributed by atoms with Gasteiger partial charge in [0.2, 0.25) is 5.91 Å². The first-order valence-electron chi connectivity index (χ1n) is 10.9. The number of nitrogens with zero attached hydrogens (tertiary/aromatic N) is 2.